The predicted molar refractivity (Wildman–Crippen MR) is 280 cm³/mol. The molecule has 0 heterocycles. The predicted octanol–water partition coefficient (Wildman–Crippen LogP) is 19.4. The molecule has 0 aliphatic rings. The fourth-order valence-electron chi connectivity index (χ4n) is 9.10. The Labute approximate surface area is 406 Å². The monoisotopic (exact) mass is 919 g/mol. The Morgan fingerprint density at radius 3 is 0.754 bits per heavy atom. The number of hydrogen-bond acceptors (Lipinski definition) is 6. The lowest BCUT2D eigenvalue weighted by atomic mass is 10.0. The van der Waals surface area contributed by atoms with E-state index >= 15 is 0 Å². The van der Waals surface area contributed by atoms with Crippen molar-refractivity contribution in [1.29, 1.82) is 0 Å². The van der Waals surface area contributed by atoms with Gasteiger partial charge in [0.1, 0.15) is 13.2 Å². The maximum Gasteiger partial charge on any atom is 0.306 e. The Hall–Kier alpha value is -1.59. The summed E-state index contributed by atoms with van der Waals surface area (Å²) >= 11 is 0. The fraction of sp³-hybridized carbons (Fsp3) is 0.949. The molecule has 6 nitrogen and oxygen atoms in total. The van der Waals surface area contributed by atoms with Crippen LogP contribution in [-0.4, -0.2) is 37.2 Å². The summed E-state index contributed by atoms with van der Waals surface area (Å²) in [5.41, 5.74) is 0. The van der Waals surface area contributed by atoms with E-state index in [2.05, 4.69) is 27.7 Å². The van der Waals surface area contributed by atoms with E-state index < -0.39 is 6.10 Å². The molecule has 0 aliphatic heterocycles. The van der Waals surface area contributed by atoms with Crippen molar-refractivity contribution in [3.8, 4) is 0 Å². The summed E-state index contributed by atoms with van der Waals surface area (Å²) in [6.45, 7) is 8.99. The van der Waals surface area contributed by atoms with Gasteiger partial charge in [-0.3, -0.25) is 14.4 Å². The van der Waals surface area contributed by atoms with Crippen molar-refractivity contribution < 1.29 is 28.6 Å². The van der Waals surface area contributed by atoms with E-state index in [4.69, 9.17) is 14.2 Å². The van der Waals surface area contributed by atoms with Gasteiger partial charge in [0.25, 0.3) is 0 Å². The molecule has 0 saturated heterocycles. The normalized spacial score (nSPS) is 12.0. The van der Waals surface area contributed by atoms with Crippen molar-refractivity contribution >= 4 is 17.9 Å². The fourth-order valence-corrected chi connectivity index (χ4v) is 9.10. The highest BCUT2D eigenvalue weighted by Gasteiger charge is 2.19. The van der Waals surface area contributed by atoms with Crippen LogP contribution in [0.4, 0.5) is 0 Å². The summed E-state index contributed by atoms with van der Waals surface area (Å²) < 4.78 is 16.9. The molecule has 0 N–H and O–H groups in total. The van der Waals surface area contributed by atoms with Crippen LogP contribution in [0.15, 0.2) is 0 Å². The zero-order valence-electron chi connectivity index (χ0n) is 44.5. The third-order valence-corrected chi connectivity index (χ3v) is 13.5. The van der Waals surface area contributed by atoms with Crippen LogP contribution < -0.4 is 0 Å². The van der Waals surface area contributed by atoms with Gasteiger partial charge < -0.3 is 14.2 Å². The minimum atomic E-state index is -0.762. The standard InChI is InChI=1S/C59H114O6/c1-5-7-9-11-13-15-17-19-21-23-25-27-29-31-33-35-37-42-46-50-57(60)63-53-56(54-64-58(61)51-47-43-40-39-41-45-49-55(3)4)65-59(62)52-48-44-38-36-34-32-30-28-26-24-22-20-18-16-14-12-10-8-6-2/h55-56H,5-54H2,1-4H3/t56-/m1/s1. The Kier molecular flexibility index (Phi) is 52.1. The van der Waals surface area contributed by atoms with Crippen molar-refractivity contribution in [2.75, 3.05) is 13.2 Å². The Morgan fingerprint density at radius 2 is 0.508 bits per heavy atom. The lowest BCUT2D eigenvalue weighted by Crippen LogP contribution is -2.30. The first-order valence-electron chi connectivity index (χ1n) is 29.4. The van der Waals surface area contributed by atoms with Gasteiger partial charge in [0.15, 0.2) is 6.10 Å². The van der Waals surface area contributed by atoms with E-state index in [1.165, 1.54) is 231 Å². The van der Waals surface area contributed by atoms with Gasteiger partial charge in [-0.2, -0.15) is 0 Å². The summed E-state index contributed by atoms with van der Waals surface area (Å²) in [6, 6.07) is 0. The third-order valence-electron chi connectivity index (χ3n) is 13.5. The average molecular weight is 920 g/mol. The van der Waals surface area contributed by atoms with Gasteiger partial charge in [0.2, 0.25) is 0 Å². The van der Waals surface area contributed by atoms with Crippen LogP contribution in [0.1, 0.15) is 336 Å². The first-order chi connectivity index (χ1) is 31.9. The molecule has 0 aromatic rings. The number of esters is 3. The van der Waals surface area contributed by atoms with E-state index in [1.54, 1.807) is 0 Å². The van der Waals surface area contributed by atoms with Crippen molar-refractivity contribution in [1.82, 2.24) is 0 Å². The van der Waals surface area contributed by atoms with Crippen LogP contribution in [0.5, 0.6) is 0 Å². The number of rotatable bonds is 54. The summed E-state index contributed by atoms with van der Waals surface area (Å²) in [7, 11) is 0. The second-order valence-corrected chi connectivity index (χ2v) is 20.8. The van der Waals surface area contributed by atoms with Crippen LogP contribution in [-0.2, 0) is 28.6 Å². The number of hydrogen-bond donors (Lipinski definition) is 0. The van der Waals surface area contributed by atoms with E-state index in [9.17, 15) is 14.4 Å². The zero-order chi connectivity index (χ0) is 47.4. The number of carbonyl (C=O) groups is 3. The summed E-state index contributed by atoms with van der Waals surface area (Å²) in [5, 5.41) is 0. The number of ether oxygens (including phenoxy) is 3. The van der Waals surface area contributed by atoms with Crippen molar-refractivity contribution in [2.45, 2.75) is 342 Å². The van der Waals surface area contributed by atoms with Crippen molar-refractivity contribution in [3.05, 3.63) is 0 Å². The van der Waals surface area contributed by atoms with Crippen molar-refractivity contribution in [2.24, 2.45) is 5.92 Å². The molecule has 1 atom stereocenters. The van der Waals surface area contributed by atoms with Crippen molar-refractivity contribution in [3.63, 3.8) is 0 Å². The lowest BCUT2D eigenvalue weighted by Gasteiger charge is -2.18. The van der Waals surface area contributed by atoms with Crippen LogP contribution in [0.2, 0.25) is 0 Å². The molecule has 0 aromatic heterocycles. The third kappa shape index (κ3) is 53.2. The molecule has 0 amide bonds. The highest BCUT2D eigenvalue weighted by atomic mass is 16.6. The molecule has 0 radical (unpaired) electrons. The Morgan fingerprint density at radius 1 is 0.292 bits per heavy atom. The zero-order valence-corrected chi connectivity index (χ0v) is 44.5. The first-order valence-corrected chi connectivity index (χ1v) is 29.4. The topological polar surface area (TPSA) is 78.9 Å². The van der Waals surface area contributed by atoms with E-state index in [0.717, 1.165) is 63.7 Å². The van der Waals surface area contributed by atoms with Gasteiger partial charge in [-0.1, -0.05) is 297 Å². The second-order valence-electron chi connectivity index (χ2n) is 20.8. The van der Waals surface area contributed by atoms with Gasteiger partial charge in [-0.25, -0.2) is 0 Å². The molecular formula is C59H114O6. The minimum absolute atomic E-state index is 0.0629. The highest BCUT2D eigenvalue weighted by Crippen LogP contribution is 2.18. The molecule has 0 saturated carbocycles. The maximum atomic E-state index is 12.8. The first kappa shape index (κ1) is 63.4. The lowest BCUT2D eigenvalue weighted by molar-refractivity contribution is -0.167. The molecule has 0 aromatic carbocycles. The molecule has 0 aliphatic carbocycles. The molecule has 6 heteroatoms. The largest absolute Gasteiger partial charge is 0.462 e. The Balaban J connectivity index is 4.19. The molecule has 386 valence electrons. The number of unbranched alkanes of at least 4 members (excludes halogenated alkanes) is 41. The summed E-state index contributed by atoms with van der Waals surface area (Å²) in [6.07, 6.45) is 58.3. The van der Waals surface area contributed by atoms with Crippen LogP contribution in [0, 0.1) is 5.92 Å². The molecule has 0 unspecified atom stereocenters. The van der Waals surface area contributed by atoms with Gasteiger partial charge in [0.05, 0.1) is 0 Å². The molecule has 0 bridgehead atoms. The van der Waals surface area contributed by atoms with Crippen LogP contribution in [0.25, 0.3) is 0 Å². The highest BCUT2D eigenvalue weighted by molar-refractivity contribution is 5.71. The van der Waals surface area contributed by atoms with Gasteiger partial charge in [0, 0.05) is 19.3 Å². The van der Waals surface area contributed by atoms with Crippen LogP contribution >= 0.6 is 0 Å². The molecule has 65 heavy (non-hydrogen) atoms. The van der Waals surface area contributed by atoms with E-state index in [1.807, 2.05) is 0 Å². The van der Waals surface area contributed by atoms with Gasteiger partial charge in [-0.05, 0) is 25.2 Å². The quantitative estimate of drug-likeness (QED) is 0.0344. The molecular weight excluding hydrogens is 805 g/mol. The molecule has 0 fully saturated rings. The maximum absolute atomic E-state index is 12.8. The van der Waals surface area contributed by atoms with E-state index in [0.29, 0.717) is 19.3 Å². The second kappa shape index (κ2) is 53.4. The van der Waals surface area contributed by atoms with Crippen LogP contribution in [0.3, 0.4) is 0 Å². The minimum Gasteiger partial charge on any atom is -0.462 e. The average Bonchev–Trinajstić information content (AvgIpc) is 3.29. The Bertz CT molecular complexity index is 980. The summed E-state index contributed by atoms with van der Waals surface area (Å²) in [5.74, 6) is -0.0786. The number of carbonyl (C=O) groups excluding carboxylic acids is 3. The van der Waals surface area contributed by atoms with Gasteiger partial charge in [-0.15, -0.1) is 0 Å². The molecule has 0 rings (SSSR count). The SMILES string of the molecule is CCCCCCCCCCCCCCCCCCCCCC(=O)OC[C@H](COC(=O)CCCCCCCCC(C)C)OC(=O)CCCCCCCCCCCCCCCCCCCCC. The summed E-state index contributed by atoms with van der Waals surface area (Å²) in [4.78, 5) is 38.1. The smallest absolute Gasteiger partial charge is 0.306 e. The van der Waals surface area contributed by atoms with Gasteiger partial charge >= 0.3 is 17.9 Å². The van der Waals surface area contributed by atoms with E-state index in [-0.39, 0.29) is 31.1 Å². The molecule has 0 spiro atoms.